The van der Waals surface area contributed by atoms with Crippen molar-refractivity contribution in [3.05, 3.63) is 58.4 Å². The zero-order valence-corrected chi connectivity index (χ0v) is 15.5. The van der Waals surface area contributed by atoms with Gasteiger partial charge in [-0.25, -0.2) is 0 Å². The summed E-state index contributed by atoms with van der Waals surface area (Å²) in [6, 6.07) is 8.72. The molecule has 0 unspecified atom stereocenters. The molecular weight excluding hydrogens is 387 g/mol. The largest absolute Gasteiger partial charge is 0.416 e. The van der Waals surface area contributed by atoms with Gasteiger partial charge in [-0.05, 0) is 43.3 Å². The second-order valence-corrected chi connectivity index (χ2v) is 7.49. The van der Waals surface area contributed by atoms with E-state index in [1.54, 1.807) is 12.3 Å². The molecule has 0 amide bonds. The maximum atomic E-state index is 13.2. The average Bonchev–Trinajstić information content (AvgIpc) is 2.67. The van der Waals surface area contributed by atoms with Gasteiger partial charge >= 0.3 is 6.18 Å². The van der Waals surface area contributed by atoms with Crippen molar-refractivity contribution < 1.29 is 13.2 Å². The van der Waals surface area contributed by atoms with E-state index in [1.807, 2.05) is 12.1 Å². The van der Waals surface area contributed by atoms with Gasteiger partial charge in [0.25, 0.3) is 0 Å². The molecule has 3 N–H and O–H groups in total. The number of pyridine rings is 1. The van der Waals surface area contributed by atoms with E-state index in [1.165, 1.54) is 17.4 Å². The summed E-state index contributed by atoms with van der Waals surface area (Å²) in [4.78, 5) is 17.7. The van der Waals surface area contributed by atoms with Crippen LogP contribution in [0, 0.1) is 0 Å². The number of fused-ring (bicyclic) bond motifs is 4. The fraction of sp³-hybridized carbons (Fsp3) is 0.200. The number of halogens is 3. The van der Waals surface area contributed by atoms with Gasteiger partial charge in [-0.3, -0.25) is 9.78 Å². The Morgan fingerprint density at radius 3 is 2.68 bits per heavy atom. The molecule has 0 aliphatic heterocycles. The minimum Gasteiger partial charge on any atom is -0.384 e. The molecule has 2 aromatic carbocycles. The number of benzene rings is 2. The van der Waals surface area contributed by atoms with Gasteiger partial charge in [0.2, 0.25) is 0 Å². The van der Waals surface area contributed by atoms with Crippen LogP contribution in [-0.4, -0.2) is 18.1 Å². The van der Waals surface area contributed by atoms with Gasteiger partial charge in [-0.1, -0.05) is 6.07 Å². The number of aromatic nitrogens is 1. The number of rotatable bonds is 4. The predicted octanol–water partition coefficient (Wildman–Crippen LogP) is 4.74. The third-order valence-corrected chi connectivity index (χ3v) is 5.66. The van der Waals surface area contributed by atoms with E-state index in [0.29, 0.717) is 38.8 Å². The lowest BCUT2D eigenvalue weighted by Gasteiger charge is -2.12. The van der Waals surface area contributed by atoms with E-state index in [9.17, 15) is 18.0 Å². The number of anilines is 1. The Morgan fingerprint density at radius 2 is 1.93 bits per heavy atom. The number of nitrogens with two attached hydrogens (primary N) is 1. The summed E-state index contributed by atoms with van der Waals surface area (Å²) < 4.78 is 40.5. The molecule has 0 bridgehead atoms. The van der Waals surface area contributed by atoms with Gasteiger partial charge in [-0.2, -0.15) is 13.2 Å². The van der Waals surface area contributed by atoms with Crippen LogP contribution in [0.5, 0.6) is 0 Å². The molecule has 0 aliphatic carbocycles. The first-order valence-corrected chi connectivity index (χ1v) is 9.51. The summed E-state index contributed by atoms with van der Waals surface area (Å²) in [5, 5.41) is 4.33. The third kappa shape index (κ3) is 3.18. The number of alkyl halides is 3. The Labute approximate surface area is 161 Å². The lowest BCUT2D eigenvalue weighted by atomic mass is 10.1. The maximum absolute atomic E-state index is 13.2. The van der Waals surface area contributed by atoms with Crippen LogP contribution >= 0.6 is 11.3 Å². The molecule has 0 saturated carbocycles. The molecule has 2 heterocycles. The fourth-order valence-corrected chi connectivity index (χ4v) is 4.26. The minimum atomic E-state index is -4.50. The Kier molecular flexibility index (Phi) is 4.68. The number of nitrogens with one attached hydrogen (secondary N) is 1. The zero-order valence-electron chi connectivity index (χ0n) is 14.6. The van der Waals surface area contributed by atoms with Crippen LogP contribution in [0.4, 0.5) is 18.9 Å². The van der Waals surface area contributed by atoms with E-state index in [-0.39, 0.29) is 5.39 Å². The van der Waals surface area contributed by atoms with E-state index in [0.717, 1.165) is 24.2 Å². The molecule has 4 rings (SSSR count). The summed E-state index contributed by atoms with van der Waals surface area (Å²) in [5.74, 6) is 0. The summed E-state index contributed by atoms with van der Waals surface area (Å²) in [7, 11) is 0. The summed E-state index contributed by atoms with van der Waals surface area (Å²) >= 11 is 1.26. The first kappa shape index (κ1) is 18.6. The van der Waals surface area contributed by atoms with Crippen LogP contribution in [0.3, 0.4) is 0 Å². The Morgan fingerprint density at radius 1 is 1.11 bits per heavy atom. The predicted molar refractivity (Wildman–Crippen MR) is 108 cm³/mol. The molecule has 144 valence electrons. The number of hydrogen-bond acceptors (Lipinski definition) is 5. The molecule has 0 saturated heterocycles. The first-order chi connectivity index (χ1) is 13.4. The van der Waals surface area contributed by atoms with Crippen molar-refractivity contribution in [1.29, 1.82) is 0 Å². The zero-order chi connectivity index (χ0) is 19.9. The second kappa shape index (κ2) is 7.03. The molecule has 0 spiro atoms. The summed E-state index contributed by atoms with van der Waals surface area (Å²) in [5.41, 5.74) is 5.62. The Hall–Kier alpha value is -2.71. The van der Waals surface area contributed by atoms with Crippen LogP contribution in [-0.2, 0) is 6.18 Å². The van der Waals surface area contributed by atoms with Crippen molar-refractivity contribution >= 4 is 48.1 Å². The molecule has 4 nitrogen and oxygen atoms in total. The molecule has 0 radical (unpaired) electrons. The third-order valence-electron chi connectivity index (χ3n) is 4.55. The highest BCUT2D eigenvalue weighted by Crippen LogP contribution is 2.35. The van der Waals surface area contributed by atoms with Crippen molar-refractivity contribution in [2.75, 3.05) is 18.4 Å². The van der Waals surface area contributed by atoms with Crippen molar-refractivity contribution in [2.24, 2.45) is 5.73 Å². The SMILES string of the molecule is NCCCNc1cccc2ncc3sc4ccc(C(F)(F)F)cc4c(=O)c3c12. The van der Waals surface area contributed by atoms with Crippen LogP contribution < -0.4 is 16.5 Å². The highest BCUT2D eigenvalue weighted by Gasteiger charge is 2.31. The van der Waals surface area contributed by atoms with Crippen molar-refractivity contribution in [2.45, 2.75) is 12.6 Å². The first-order valence-electron chi connectivity index (χ1n) is 8.69. The highest BCUT2D eigenvalue weighted by molar-refractivity contribution is 7.24. The van der Waals surface area contributed by atoms with Crippen molar-refractivity contribution in [1.82, 2.24) is 4.98 Å². The van der Waals surface area contributed by atoms with Crippen molar-refractivity contribution in [3.8, 4) is 0 Å². The van der Waals surface area contributed by atoms with Crippen LogP contribution in [0.1, 0.15) is 12.0 Å². The van der Waals surface area contributed by atoms with Gasteiger partial charge in [-0.15, -0.1) is 11.3 Å². The number of nitrogens with zero attached hydrogens (tertiary/aromatic N) is 1. The van der Waals surface area contributed by atoms with Crippen molar-refractivity contribution in [3.63, 3.8) is 0 Å². The molecular formula is C20H16F3N3OS. The second-order valence-electron chi connectivity index (χ2n) is 6.41. The molecule has 28 heavy (non-hydrogen) atoms. The van der Waals surface area contributed by atoms with Gasteiger partial charge in [0.1, 0.15) is 0 Å². The average molecular weight is 403 g/mol. The Balaban J connectivity index is 2.05. The lowest BCUT2D eigenvalue weighted by molar-refractivity contribution is -0.137. The van der Waals surface area contributed by atoms with E-state index in [4.69, 9.17) is 5.73 Å². The molecule has 0 aliphatic rings. The summed E-state index contributed by atoms with van der Waals surface area (Å²) in [6.45, 7) is 1.14. The highest BCUT2D eigenvalue weighted by atomic mass is 32.1. The molecule has 8 heteroatoms. The van der Waals surface area contributed by atoms with Gasteiger partial charge in [0, 0.05) is 33.9 Å². The maximum Gasteiger partial charge on any atom is 0.416 e. The van der Waals surface area contributed by atoms with Crippen LogP contribution in [0.15, 0.2) is 47.4 Å². The topological polar surface area (TPSA) is 68.0 Å². The molecule has 0 fully saturated rings. The minimum absolute atomic E-state index is 0.0663. The van der Waals surface area contributed by atoms with Crippen LogP contribution in [0.25, 0.3) is 31.1 Å². The van der Waals surface area contributed by atoms with Gasteiger partial charge < -0.3 is 11.1 Å². The van der Waals surface area contributed by atoms with E-state index >= 15 is 0 Å². The molecule has 2 aromatic heterocycles. The number of hydrogen-bond donors (Lipinski definition) is 2. The van der Waals surface area contributed by atoms with Gasteiger partial charge in [0.15, 0.2) is 5.43 Å². The van der Waals surface area contributed by atoms with E-state index < -0.39 is 17.2 Å². The Bertz CT molecular complexity index is 1250. The monoisotopic (exact) mass is 403 g/mol. The normalized spacial score (nSPS) is 12.1. The van der Waals surface area contributed by atoms with Gasteiger partial charge in [0.05, 0.1) is 21.2 Å². The van der Waals surface area contributed by atoms with Crippen LogP contribution in [0.2, 0.25) is 0 Å². The standard InChI is InChI=1S/C20H16F3N3OS/c21-20(22,23)11-5-6-15-12(9-11)19(27)18-16(28-15)10-26-14-4-1-3-13(17(14)18)25-8-2-7-24/h1,3-6,9-10,25H,2,7-8,24H2. The molecule has 0 atom stereocenters. The quantitative estimate of drug-likeness (QED) is 0.293. The smallest absolute Gasteiger partial charge is 0.384 e. The lowest BCUT2D eigenvalue weighted by Crippen LogP contribution is -2.10. The fourth-order valence-electron chi connectivity index (χ4n) is 3.23. The molecule has 4 aromatic rings. The summed E-state index contributed by atoms with van der Waals surface area (Å²) in [6.07, 6.45) is -2.15. The van der Waals surface area contributed by atoms with E-state index in [2.05, 4.69) is 10.3 Å².